The number of amides is 1. The first-order valence-corrected chi connectivity index (χ1v) is 10.1. The fourth-order valence-electron chi connectivity index (χ4n) is 3.45. The maximum absolute atomic E-state index is 12.5. The van der Waals surface area contributed by atoms with Gasteiger partial charge in [0.15, 0.2) is 0 Å². The molecule has 0 aromatic heterocycles. The normalized spacial score (nSPS) is 16.2. The molecule has 0 bridgehead atoms. The molecule has 0 aliphatic carbocycles. The highest BCUT2D eigenvalue weighted by molar-refractivity contribution is 6.04. The largest absolute Gasteiger partial charge is 0.491 e. The summed E-state index contributed by atoms with van der Waals surface area (Å²) in [7, 11) is 0. The van der Waals surface area contributed by atoms with Crippen molar-refractivity contribution in [1.29, 1.82) is 0 Å². The van der Waals surface area contributed by atoms with Crippen molar-refractivity contribution in [3.63, 3.8) is 0 Å². The third-order valence-corrected chi connectivity index (χ3v) is 5.00. The Balaban J connectivity index is 1.55. The van der Waals surface area contributed by atoms with Gasteiger partial charge in [-0.15, -0.1) is 0 Å². The van der Waals surface area contributed by atoms with Crippen LogP contribution in [0, 0.1) is 0 Å². The fraction of sp³-hybridized carbons (Fsp3) is 0.435. The molecule has 5 nitrogen and oxygen atoms in total. The average molecular weight is 383 g/mol. The van der Waals surface area contributed by atoms with Crippen LogP contribution in [0.25, 0.3) is 0 Å². The molecule has 5 heteroatoms. The Morgan fingerprint density at radius 3 is 2.46 bits per heavy atom. The van der Waals surface area contributed by atoms with Gasteiger partial charge in [-0.1, -0.05) is 0 Å². The summed E-state index contributed by atoms with van der Waals surface area (Å²) in [6.45, 7) is 8.80. The molecule has 0 saturated carbocycles. The lowest BCUT2D eigenvalue weighted by Crippen LogP contribution is -2.30. The number of ether oxygens (including phenoxy) is 2. The summed E-state index contributed by atoms with van der Waals surface area (Å²) in [4.78, 5) is 14.8. The Labute approximate surface area is 167 Å². The number of hydrogen-bond acceptors (Lipinski definition) is 4. The van der Waals surface area contributed by atoms with E-state index in [1.54, 1.807) is 0 Å². The highest BCUT2D eigenvalue weighted by Crippen LogP contribution is 2.21. The molecule has 3 rings (SSSR count). The second kappa shape index (κ2) is 9.60. The van der Waals surface area contributed by atoms with Crippen molar-refractivity contribution in [2.45, 2.75) is 45.8 Å². The maximum Gasteiger partial charge on any atom is 0.255 e. The van der Waals surface area contributed by atoms with Gasteiger partial charge in [0.25, 0.3) is 5.91 Å². The van der Waals surface area contributed by atoms with E-state index in [2.05, 4.69) is 31.0 Å². The quantitative estimate of drug-likeness (QED) is 0.717. The molecule has 1 amide bonds. The molecule has 2 aromatic carbocycles. The lowest BCUT2D eigenvalue weighted by molar-refractivity contribution is 0.0679. The third-order valence-electron chi connectivity index (χ3n) is 5.00. The average Bonchev–Trinajstić information content (AvgIpc) is 3.22. The van der Waals surface area contributed by atoms with Crippen LogP contribution < -0.4 is 15.0 Å². The summed E-state index contributed by atoms with van der Waals surface area (Å²) >= 11 is 0. The molecule has 1 unspecified atom stereocenters. The molecule has 1 saturated heterocycles. The highest BCUT2D eigenvalue weighted by Gasteiger charge is 2.16. The van der Waals surface area contributed by atoms with Crippen molar-refractivity contribution in [2.75, 3.05) is 30.0 Å². The van der Waals surface area contributed by atoms with Crippen molar-refractivity contribution in [3.8, 4) is 5.75 Å². The Morgan fingerprint density at radius 2 is 1.89 bits per heavy atom. The number of carbonyl (C=O) groups is 1. The summed E-state index contributed by atoms with van der Waals surface area (Å²) in [6, 6.07) is 15.6. The first-order valence-electron chi connectivity index (χ1n) is 10.1. The molecule has 1 heterocycles. The molecule has 1 aliphatic rings. The summed E-state index contributed by atoms with van der Waals surface area (Å²) in [5.41, 5.74) is 2.51. The Morgan fingerprint density at radius 1 is 1.18 bits per heavy atom. The lowest BCUT2D eigenvalue weighted by atomic mass is 10.1. The van der Waals surface area contributed by atoms with E-state index >= 15 is 0 Å². The van der Waals surface area contributed by atoms with Crippen molar-refractivity contribution in [2.24, 2.45) is 0 Å². The zero-order valence-electron chi connectivity index (χ0n) is 17.0. The molecule has 1 N–H and O–H groups in total. The Kier molecular flexibility index (Phi) is 6.93. The van der Waals surface area contributed by atoms with E-state index in [4.69, 9.17) is 9.47 Å². The molecule has 1 atom stereocenters. The van der Waals surface area contributed by atoms with Gasteiger partial charge >= 0.3 is 0 Å². The fourth-order valence-corrected chi connectivity index (χ4v) is 3.45. The van der Waals surface area contributed by atoms with E-state index in [9.17, 15) is 4.79 Å². The molecule has 1 aliphatic heterocycles. The van der Waals surface area contributed by atoms with Crippen molar-refractivity contribution >= 4 is 17.3 Å². The standard InChI is InChI=1S/C23H30N2O3/c1-4-25(17(2)3)20-11-7-18(8-12-20)23(26)24-19-9-13-21(14-10-19)28-16-22-6-5-15-27-22/h7-14,17,22H,4-6,15-16H2,1-3H3,(H,24,26). The van der Waals surface area contributed by atoms with Gasteiger partial charge in [-0.3, -0.25) is 4.79 Å². The number of benzene rings is 2. The van der Waals surface area contributed by atoms with Gasteiger partial charge in [0.05, 0.1) is 6.10 Å². The van der Waals surface area contributed by atoms with Crippen LogP contribution in [0.4, 0.5) is 11.4 Å². The molecule has 28 heavy (non-hydrogen) atoms. The predicted octanol–water partition coefficient (Wildman–Crippen LogP) is 4.73. The SMILES string of the molecule is CCN(c1ccc(C(=O)Nc2ccc(OCC3CCCO3)cc2)cc1)C(C)C. The van der Waals surface area contributed by atoms with Gasteiger partial charge in [-0.05, 0) is 82.1 Å². The summed E-state index contributed by atoms with van der Waals surface area (Å²) in [6.07, 6.45) is 2.36. The van der Waals surface area contributed by atoms with Gasteiger partial charge < -0.3 is 19.7 Å². The molecular weight excluding hydrogens is 352 g/mol. The number of rotatable bonds is 8. The van der Waals surface area contributed by atoms with Crippen LogP contribution in [0.5, 0.6) is 5.75 Å². The Hall–Kier alpha value is -2.53. The molecule has 0 spiro atoms. The molecule has 1 fully saturated rings. The van der Waals surface area contributed by atoms with E-state index in [1.807, 2.05) is 48.5 Å². The molecule has 150 valence electrons. The minimum absolute atomic E-state index is 0.118. The second-order valence-electron chi connectivity index (χ2n) is 7.35. The first kappa shape index (κ1) is 20.2. The zero-order chi connectivity index (χ0) is 19.9. The molecule has 2 aromatic rings. The van der Waals surface area contributed by atoms with Gasteiger partial charge in [-0.2, -0.15) is 0 Å². The Bertz CT molecular complexity index is 750. The molecular formula is C23H30N2O3. The van der Waals surface area contributed by atoms with Crippen molar-refractivity contribution in [3.05, 3.63) is 54.1 Å². The van der Waals surface area contributed by atoms with Crippen molar-refractivity contribution in [1.82, 2.24) is 0 Å². The zero-order valence-corrected chi connectivity index (χ0v) is 17.0. The maximum atomic E-state index is 12.5. The van der Waals surface area contributed by atoms with Gasteiger partial charge in [0.2, 0.25) is 0 Å². The summed E-state index contributed by atoms with van der Waals surface area (Å²) in [5.74, 6) is 0.665. The van der Waals surface area contributed by atoms with Crippen molar-refractivity contribution < 1.29 is 14.3 Å². The first-order chi connectivity index (χ1) is 13.6. The number of nitrogens with zero attached hydrogens (tertiary/aromatic N) is 1. The monoisotopic (exact) mass is 382 g/mol. The highest BCUT2D eigenvalue weighted by atomic mass is 16.5. The van der Waals surface area contributed by atoms with Crippen LogP contribution in [-0.4, -0.2) is 37.8 Å². The van der Waals surface area contributed by atoms with Gasteiger partial charge in [-0.25, -0.2) is 0 Å². The topological polar surface area (TPSA) is 50.8 Å². The van der Waals surface area contributed by atoms with Crippen LogP contribution in [0.1, 0.15) is 44.0 Å². The van der Waals surface area contributed by atoms with Crippen LogP contribution in [0.3, 0.4) is 0 Å². The lowest BCUT2D eigenvalue weighted by Gasteiger charge is -2.27. The van der Waals surface area contributed by atoms with Gasteiger partial charge in [0, 0.05) is 36.1 Å². The van der Waals surface area contributed by atoms with E-state index in [0.717, 1.165) is 43.1 Å². The predicted molar refractivity (Wildman–Crippen MR) is 113 cm³/mol. The van der Waals surface area contributed by atoms with E-state index < -0.39 is 0 Å². The van der Waals surface area contributed by atoms with Crippen LogP contribution in [0.2, 0.25) is 0 Å². The molecule has 0 radical (unpaired) electrons. The van der Waals surface area contributed by atoms with Crippen LogP contribution in [0.15, 0.2) is 48.5 Å². The van der Waals surface area contributed by atoms with E-state index in [0.29, 0.717) is 18.2 Å². The summed E-state index contributed by atoms with van der Waals surface area (Å²) in [5, 5.41) is 2.94. The van der Waals surface area contributed by atoms with Crippen LogP contribution in [-0.2, 0) is 4.74 Å². The minimum Gasteiger partial charge on any atom is -0.491 e. The van der Waals surface area contributed by atoms with E-state index in [1.165, 1.54) is 0 Å². The second-order valence-corrected chi connectivity index (χ2v) is 7.35. The third kappa shape index (κ3) is 5.26. The van der Waals surface area contributed by atoms with Gasteiger partial charge in [0.1, 0.15) is 12.4 Å². The smallest absolute Gasteiger partial charge is 0.255 e. The number of hydrogen-bond donors (Lipinski definition) is 1. The summed E-state index contributed by atoms with van der Waals surface area (Å²) < 4.78 is 11.3. The minimum atomic E-state index is -0.118. The number of carbonyl (C=O) groups excluding carboxylic acids is 1. The van der Waals surface area contributed by atoms with E-state index in [-0.39, 0.29) is 12.0 Å². The van der Waals surface area contributed by atoms with Crippen LogP contribution >= 0.6 is 0 Å². The number of anilines is 2. The number of nitrogens with one attached hydrogen (secondary N) is 1.